The topological polar surface area (TPSA) is 12.4 Å². The fourth-order valence-electron chi connectivity index (χ4n) is 1.25. The van der Waals surface area contributed by atoms with Gasteiger partial charge in [-0.25, -0.2) is 0 Å². The van der Waals surface area contributed by atoms with E-state index >= 15 is 0 Å². The van der Waals surface area contributed by atoms with Gasteiger partial charge < -0.3 is 0 Å². The lowest BCUT2D eigenvalue weighted by Crippen LogP contribution is -1.95. The van der Waals surface area contributed by atoms with Crippen LogP contribution in [0.5, 0.6) is 0 Å². The van der Waals surface area contributed by atoms with Gasteiger partial charge in [0.05, 0.1) is 5.04 Å². The maximum atomic E-state index is 6.05. The molecule has 0 saturated carbocycles. The SMILES string of the molecule is CN=C(CCc1ccccc1Cl)SC. The summed E-state index contributed by atoms with van der Waals surface area (Å²) in [6.45, 7) is 0. The van der Waals surface area contributed by atoms with Gasteiger partial charge in [-0.3, -0.25) is 4.99 Å². The number of thioether (sulfide) groups is 1. The van der Waals surface area contributed by atoms with Crippen LogP contribution in [0.1, 0.15) is 12.0 Å². The van der Waals surface area contributed by atoms with E-state index in [1.807, 2.05) is 25.2 Å². The Balaban J connectivity index is 2.58. The van der Waals surface area contributed by atoms with Gasteiger partial charge in [-0.15, -0.1) is 11.8 Å². The maximum Gasteiger partial charge on any atom is 0.0673 e. The molecule has 0 heterocycles. The van der Waals surface area contributed by atoms with E-state index in [1.165, 1.54) is 10.6 Å². The first-order valence-corrected chi connectivity index (χ1v) is 6.11. The summed E-state index contributed by atoms with van der Waals surface area (Å²) in [5, 5.41) is 2.02. The van der Waals surface area contributed by atoms with Crippen molar-refractivity contribution in [2.75, 3.05) is 13.3 Å². The minimum absolute atomic E-state index is 0.851. The van der Waals surface area contributed by atoms with Crippen molar-refractivity contribution in [1.82, 2.24) is 0 Å². The third kappa shape index (κ3) is 3.35. The molecule has 0 radical (unpaired) electrons. The summed E-state index contributed by atoms with van der Waals surface area (Å²) in [6.07, 6.45) is 3.99. The molecule has 1 aromatic rings. The summed E-state index contributed by atoms with van der Waals surface area (Å²) in [5.41, 5.74) is 1.20. The molecule has 1 nitrogen and oxygen atoms in total. The van der Waals surface area contributed by atoms with Crippen LogP contribution in [0.25, 0.3) is 0 Å². The Morgan fingerprint density at radius 3 is 2.71 bits per heavy atom. The van der Waals surface area contributed by atoms with Crippen LogP contribution in [-0.2, 0) is 6.42 Å². The van der Waals surface area contributed by atoms with Gasteiger partial charge in [0.15, 0.2) is 0 Å². The van der Waals surface area contributed by atoms with Gasteiger partial charge in [-0.1, -0.05) is 29.8 Å². The number of rotatable bonds is 3. The summed E-state index contributed by atoms with van der Waals surface area (Å²) < 4.78 is 0. The Morgan fingerprint density at radius 1 is 1.43 bits per heavy atom. The van der Waals surface area contributed by atoms with Gasteiger partial charge in [0.2, 0.25) is 0 Å². The monoisotopic (exact) mass is 227 g/mol. The zero-order valence-corrected chi connectivity index (χ0v) is 10.0. The van der Waals surface area contributed by atoms with E-state index in [0.29, 0.717) is 0 Å². The molecule has 0 fully saturated rings. The van der Waals surface area contributed by atoms with Crippen LogP contribution >= 0.6 is 23.4 Å². The third-order valence-electron chi connectivity index (χ3n) is 2.05. The molecular weight excluding hydrogens is 214 g/mol. The first-order valence-electron chi connectivity index (χ1n) is 4.51. The molecule has 1 aromatic carbocycles. The summed E-state index contributed by atoms with van der Waals surface area (Å²) in [5.74, 6) is 0. The fraction of sp³-hybridized carbons (Fsp3) is 0.364. The lowest BCUT2D eigenvalue weighted by atomic mass is 10.1. The average molecular weight is 228 g/mol. The quantitative estimate of drug-likeness (QED) is 0.567. The lowest BCUT2D eigenvalue weighted by molar-refractivity contribution is 1.05. The molecule has 0 spiro atoms. The Hall–Kier alpha value is -0.470. The van der Waals surface area contributed by atoms with Crippen LogP contribution in [0.3, 0.4) is 0 Å². The molecule has 1 rings (SSSR count). The number of aryl methyl sites for hydroxylation is 1. The zero-order valence-electron chi connectivity index (χ0n) is 8.46. The molecule has 76 valence electrons. The van der Waals surface area contributed by atoms with Crippen LogP contribution in [-0.4, -0.2) is 18.3 Å². The third-order valence-corrected chi connectivity index (χ3v) is 3.28. The Bertz CT molecular complexity index is 323. The Kier molecular flexibility index (Phi) is 5.05. The van der Waals surface area contributed by atoms with Crippen molar-refractivity contribution in [3.05, 3.63) is 34.9 Å². The van der Waals surface area contributed by atoms with E-state index in [0.717, 1.165) is 17.9 Å². The van der Waals surface area contributed by atoms with Gasteiger partial charge in [-0.2, -0.15) is 0 Å². The average Bonchev–Trinajstić information content (AvgIpc) is 2.22. The van der Waals surface area contributed by atoms with Gasteiger partial charge in [0.1, 0.15) is 0 Å². The summed E-state index contributed by atoms with van der Waals surface area (Å²) in [6, 6.07) is 7.97. The van der Waals surface area contributed by atoms with Gasteiger partial charge in [0.25, 0.3) is 0 Å². The number of nitrogens with zero attached hydrogens (tertiary/aromatic N) is 1. The highest BCUT2D eigenvalue weighted by Gasteiger charge is 2.01. The molecule has 0 amide bonds. The molecule has 0 atom stereocenters. The van der Waals surface area contributed by atoms with E-state index < -0.39 is 0 Å². The minimum atomic E-state index is 0.851. The fourth-order valence-corrected chi connectivity index (χ4v) is 1.97. The van der Waals surface area contributed by atoms with Crippen molar-refractivity contribution in [1.29, 1.82) is 0 Å². The molecule has 14 heavy (non-hydrogen) atoms. The molecule has 0 aliphatic heterocycles. The highest BCUT2D eigenvalue weighted by molar-refractivity contribution is 8.13. The largest absolute Gasteiger partial charge is 0.286 e. The molecule has 3 heteroatoms. The second kappa shape index (κ2) is 6.10. The highest BCUT2D eigenvalue weighted by atomic mass is 35.5. The van der Waals surface area contributed by atoms with Crippen LogP contribution in [0, 0.1) is 0 Å². The Morgan fingerprint density at radius 2 is 2.14 bits per heavy atom. The van der Waals surface area contributed by atoms with Crippen LogP contribution in [0.4, 0.5) is 0 Å². The predicted octanol–water partition coefficient (Wildman–Crippen LogP) is 3.66. The number of halogens is 1. The van der Waals surface area contributed by atoms with Crippen molar-refractivity contribution in [2.45, 2.75) is 12.8 Å². The second-order valence-electron chi connectivity index (χ2n) is 2.91. The first-order chi connectivity index (χ1) is 6.77. The summed E-state index contributed by atoms with van der Waals surface area (Å²) in [4.78, 5) is 4.19. The second-order valence-corrected chi connectivity index (χ2v) is 4.20. The predicted molar refractivity (Wildman–Crippen MR) is 66.6 cm³/mol. The normalized spacial score (nSPS) is 11.8. The molecule has 0 unspecified atom stereocenters. The summed E-state index contributed by atoms with van der Waals surface area (Å²) in [7, 11) is 1.83. The van der Waals surface area contributed by atoms with E-state index in [1.54, 1.807) is 11.8 Å². The molecule has 0 N–H and O–H groups in total. The van der Waals surface area contributed by atoms with Crippen molar-refractivity contribution in [3.63, 3.8) is 0 Å². The van der Waals surface area contributed by atoms with E-state index in [9.17, 15) is 0 Å². The zero-order chi connectivity index (χ0) is 10.4. The van der Waals surface area contributed by atoms with Crippen molar-refractivity contribution < 1.29 is 0 Å². The van der Waals surface area contributed by atoms with Gasteiger partial charge in [0, 0.05) is 12.1 Å². The molecule has 0 aliphatic carbocycles. The molecule has 0 bridgehead atoms. The number of hydrogen-bond acceptors (Lipinski definition) is 2. The molecular formula is C11H14ClNS. The van der Waals surface area contributed by atoms with Crippen molar-refractivity contribution in [3.8, 4) is 0 Å². The lowest BCUT2D eigenvalue weighted by Gasteiger charge is -2.04. The van der Waals surface area contributed by atoms with E-state index in [-0.39, 0.29) is 0 Å². The van der Waals surface area contributed by atoms with Crippen molar-refractivity contribution in [2.24, 2.45) is 4.99 Å². The highest BCUT2D eigenvalue weighted by Crippen LogP contribution is 2.18. The van der Waals surface area contributed by atoms with Crippen LogP contribution < -0.4 is 0 Å². The smallest absolute Gasteiger partial charge is 0.0673 e. The van der Waals surface area contributed by atoms with Gasteiger partial charge >= 0.3 is 0 Å². The van der Waals surface area contributed by atoms with Crippen LogP contribution in [0.2, 0.25) is 5.02 Å². The minimum Gasteiger partial charge on any atom is -0.286 e. The van der Waals surface area contributed by atoms with Crippen LogP contribution in [0.15, 0.2) is 29.3 Å². The first kappa shape index (κ1) is 11.6. The van der Waals surface area contributed by atoms with E-state index in [2.05, 4.69) is 17.3 Å². The molecule has 0 aliphatic rings. The maximum absolute atomic E-state index is 6.05. The standard InChI is InChI=1S/C11H14ClNS/c1-13-11(14-2)8-7-9-5-3-4-6-10(9)12/h3-6H,7-8H2,1-2H3. The Labute approximate surface area is 94.6 Å². The van der Waals surface area contributed by atoms with Crippen molar-refractivity contribution >= 4 is 28.4 Å². The number of aliphatic imine (C=N–C) groups is 1. The van der Waals surface area contributed by atoms with Gasteiger partial charge in [-0.05, 0) is 30.7 Å². The molecule has 0 saturated heterocycles. The molecule has 0 aromatic heterocycles. The number of benzene rings is 1. The number of hydrogen-bond donors (Lipinski definition) is 0. The summed E-state index contributed by atoms with van der Waals surface area (Å²) >= 11 is 7.75. The van der Waals surface area contributed by atoms with E-state index in [4.69, 9.17) is 11.6 Å².